The van der Waals surface area contributed by atoms with E-state index >= 15 is 0 Å². The van der Waals surface area contributed by atoms with Crippen LogP contribution in [0.1, 0.15) is 28.1 Å². The third-order valence-corrected chi connectivity index (χ3v) is 4.86. The van der Waals surface area contributed by atoms with Crippen LogP contribution < -0.4 is 14.8 Å². The van der Waals surface area contributed by atoms with Crippen molar-refractivity contribution in [2.24, 2.45) is 0 Å². The van der Waals surface area contributed by atoms with Gasteiger partial charge in [0.05, 0.1) is 18.4 Å². The summed E-state index contributed by atoms with van der Waals surface area (Å²) in [6.45, 7) is 5.95. The lowest BCUT2D eigenvalue weighted by Gasteiger charge is -2.11. The summed E-state index contributed by atoms with van der Waals surface area (Å²) in [7, 11) is 1.57. The molecule has 7 heteroatoms. The van der Waals surface area contributed by atoms with E-state index in [0.717, 1.165) is 28.1 Å². The van der Waals surface area contributed by atoms with Crippen molar-refractivity contribution in [3.63, 3.8) is 0 Å². The molecule has 0 aliphatic carbocycles. The first-order valence-electron chi connectivity index (χ1n) is 9.35. The van der Waals surface area contributed by atoms with E-state index in [9.17, 15) is 4.79 Å². The zero-order chi connectivity index (χ0) is 21.7. The van der Waals surface area contributed by atoms with E-state index in [1.54, 1.807) is 37.5 Å². The number of ether oxygens (including phenoxy) is 2. The molecule has 0 bridgehead atoms. The molecule has 1 aromatic heterocycles. The van der Waals surface area contributed by atoms with Gasteiger partial charge in [0.25, 0.3) is 0 Å². The van der Waals surface area contributed by atoms with Crippen molar-refractivity contribution in [2.45, 2.75) is 27.4 Å². The average Bonchev–Trinajstić information content (AvgIpc) is 3.05. The van der Waals surface area contributed by atoms with Gasteiger partial charge in [-0.25, -0.2) is 0 Å². The second-order valence-electron chi connectivity index (χ2n) is 6.78. The van der Waals surface area contributed by atoms with Crippen LogP contribution in [-0.4, -0.2) is 18.2 Å². The van der Waals surface area contributed by atoms with Gasteiger partial charge in [0.1, 0.15) is 12.4 Å². The fourth-order valence-corrected chi connectivity index (χ4v) is 3.01. The molecule has 0 atom stereocenters. The van der Waals surface area contributed by atoms with Crippen molar-refractivity contribution >= 4 is 29.3 Å². The second-order valence-corrected chi connectivity index (χ2v) is 7.22. The van der Waals surface area contributed by atoms with Crippen LogP contribution in [0.25, 0.3) is 6.08 Å². The minimum atomic E-state index is -0.252. The average molecular weight is 427 g/mol. The molecule has 0 radical (unpaired) electrons. The molecule has 156 valence electrons. The van der Waals surface area contributed by atoms with Crippen LogP contribution in [0.2, 0.25) is 5.02 Å². The number of aryl methyl sites for hydroxylation is 3. The molecule has 1 heterocycles. The van der Waals surface area contributed by atoms with Crippen LogP contribution in [0, 0.1) is 20.8 Å². The van der Waals surface area contributed by atoms with Crippen LogP contribution in [0.4, 0.5) is 5.69 Å². The molecular weight excluding hydrogens is 404 g/mol. The molecule has 2 aromatic carbocycles. The van der Waals surface area contributed by atoms with Gasteiger partial charge >= 0.3 is 0 Å². The van der Waals surface area contributed by atoms with Gasteiger partial charge in [-0.1, -0.05) is 28.9 Å². The first-order chi connectivity index (χ1) is 14.4. The number of nitrogens with one attached hydrogen (secondary N) is 1. The number of carbonyl (C=O) groups excluding carboxylic acids is 1. The highest BCUT2D eigenvalue weighted by atomic mass is 35.5. The van der Waals surface area contributed by atoms with Crippen molar-refractivity contribution < 1.29 is 18.8 Å². The Hall–Kier alpha value is -3.25. The molecular formula is C23H23ClN2O4. The molecule has 0 saturated heterocycles. The first kappa shape index (κ1) is 21.5. The first-order valence-corrected chi connectivity index (χ1v) is 9.73. The fourth-order valence-electron chi connectivity index (χ4n) is 2.84. The van der Waals surface area contributed by atoms with Gasteiger partial charge in [-0.15, -0.1) is 0 Å². The van der Waals surface area contributed by atoms with E-state index in [0.29, 0.717) is 28.8 Å². The van der Waals surface area contributed by atoms with E-state index in [1.807, 2.05) is 32.9 Å². The van der Waals surface area contributed by atoms with Crippen molar-refractivity contribution in [1.82, 2.24) is 5.16 Å². The highest BCUT2D eigenvalue weighted by Gasteiger charge is 2.12. The summed E-state index contributed by atoms with van der Waals surface area (Å²) in [5, 5.41) is 7.32. The second kappa shape index (κ2) is 9.50. The molecule has 0 aliphatic rings. The summed E-state index contributed by atoms with van der Waals surface area (Å²) in [5.74, 6) is 1.63. The molecule has 1 amide bonds. The molecule has 1 N–H and O–H groups in total. The summed E-state index contributed by atoms with van der Waals surface area (Å²) in [6.07, 6.45) is 3.16. The Kier molecular flexibility index (Phi) is 6.79. The Bertz CT molecular complexity index is 1070. The largest absolute Gasteiger partial charge is 0.493 e. The Morgan fingerprint density at radius 3 is 2.67 bits per heavy atom. The summed E-state index contributed by atoms with van der Waals surface area (Å²) in [6, 6.07) is 10.8. The van der Waals surface area contributed by atoms with Crippen molar-refractivity contribution in [3.8, 4) is 11.5 Å². The lowest BCUT2D eigenvalue weighted by atomic mass is 10.1. The lowest BCUT2D eigenvalue weighted by molar-refractivity contribution is -0.111. The normalized spacial score (nSPS) is 11.0. The maximum absolute atomic E-state index is 12.3. The van der Waals surface area contributed by atoms with E-state index in [1.165, 1.54) is 6.08 Å². The molecule has 3 rings (SSSR count). The number of carbonyl (C=O) groups is 1. The van der Waals surface area contributed by atoms with Crippen LogP contribution in [-0.2, 0) is 11.4 Å². The number of rotatable bonds is 7. The Morgan fingerprint density at radius 2 is 1.97 bits per heavy atom. The summed E-state index contributed by atoms with van der Waals surface area (Å²) in [4.78, 5) is 12.3. The highest BCUT2D eigenvalue weighted by molar-refractivity contribution is 6.31. The molecule has 0 aliphatic heterocycles. The smallest absolute Gasteiger partial charge is 0.248 e. The monoisotopic (exact) mass is 426 g/mol. The van der Waals surface area contributed by atoms with E-state index in [-0.39, 0.29) is 5.91 Å². The molecule has 30 heavy (non-hydrogen) atoms. The number of aromatic nitrogens is 1. The predicted molar refractivity (Wildman–Crippen MR) is 117 cm³/mol. The number of methoxy groups -OCH3 is 1. The molecule has 0 fully saturated rings. The molecule has 0 unspecified atom stereocenters. The fraction of sp³-hybridized carbons (Fsp3) is 0.217. The minimum absolute atomic E-state index is 0.252. The molecule has 0 spiro atoms. The number of hydrogen-bond donors (Lipinski definition) is 1. The standard InChI is InChI=1S/C23H23ClN2O4/c1-14-5-8-18(24)12-20(14)25-23(27)10-7-17-6-9-21(22(11-17)28-4)29-13-19-15(2)26-30-16(19)3/h5-12H,13H2,1-4H3,(H,25,27)/b10-7+. The topological polar surface area (TPSA) is 73.6 Å². The highest BCUT2D eigenvalue weighted by Crippen LogP contribution is 2.30. The third kappa shape index (κ3) is 5.21. The summed E-state index contributed by atoms with van der Waals surface area (Å²) in [5.41, 5.74) is 4.12. The lowest BCUT2D eigenvalue weighted by Crippen LogP contribution is -2.08. The van der Waals surface area contributed by atoms with Crippen LogP contribution >= 0.6 is 11.6 Å². The van der Waals surface area contributed by atoms with Gasteiger partial charge in [0.2, 0.25) is 5.91 Å². The van der Waals surface area contributed by atoms with Crippen LogP contribution in [0.5, 0.6) is 11.5 Å². The van der Waals surface area contributed by atoms with Crippen LogP contribution in [0.15, 0.2) is 47.0 Å². The number of amides is 1. The van der Waals surface area contributed by atoms with Crippen molar-refractivity contribution in [3.05, 3.63) is 75.6 Å². The van der Waals surface area contributed by atoms with E-state index < -0.39 is 0 Å². The van der Waals surface area contributed by atoms with E-state index in [4.69, 9.17) is 25.6 Å². The minimum Gasteiger partial charge on any atom is -0.493 e. The van der Waals surface area contributed by atoms with Gasteiger partial charge in [0.15, 0.2) is 11.5 Å². The quantitative estimate of drug-likeness (QED) is 0.505. The van der Waals surface area contributed by atoms with Crippen LogP contribution in [0.3, 0.4) is 0 Å². The zero-order valence-electron chi connectivity index (χ0n) is 17.3. The number of nitrogens with zero attached hydrogens (tertiary/aromatic N) is 1. The van der Waals surface area contributed by atoms with Gasteiger partial charge in [-0.2, -0.15) is 0 Å². The van der Waals surface area contributed by atoms with Gasteiger partial charge < -0.3 is 19.3 Å². The van der Waals surface area contributed by atoms with Crippen molar-refractivity contribution in [2.75, 3.05) is 12.4 Å². The maximum atomic E-state index is 12.3. The Labute approximate surface area is 180 Å². The number of hydrogen-bond acceptors (Lipinski definition) is 5. The van der Waals surface area contributed by atoms with E-state index in [2.05, 4.69) is 10.5 Å². The SMILES string of the molecule is COc1cc(/C=C/C(=O)Nc2cc(Cl)ccc2C)ccc1OCc1c(C)noc1C. The number of benzene rings is 2. The number of anilines is 1. The maximum Gasteiger partial charge on any atom is 0.248 e. The summed E-state index contributed by atoms with van der Waals surface area (Å²) >= 11 is 5.99. The van der Waals surface area contributed by atoms with Gasteiger partial charge in [0, 0.05) is 16.8 Å². The molecule has 6 nitrogen and oxygen atoms in total. The molecule has 3 aromatic rings. The van der Waals surface area contributed by atoms with Gasteiger partial charge in [-0.3, -0.25) is 4.79 Å². The molecule has 0 saturated carbocycles. The predicted octanol–water partition coefficient (Wildman–Crippen LogP) is 5.49. The van der Waals surface area contributed by atoms with Gasteiger partial charge in [-0.05, 0) is 62.2 Å². The Morgan fingerprint density at radius 1 is 1.17 bits per heavy atom. The summed E-state index contributed by atoms with van der Waals surface area (Å²) < 4.78 is 16.5. The number of halogens is 1. The third-order valence-electron chi connectivity index (χ3n) is 4.63. The van der Waals surface area contributed by atoms with Crippen molar-refractivity contribution in [1.29, 1.82) is 0 Å². The Balaban J connectivity index is 1.68. The zero-order valence-corrected chi connectivity index (χ0v) is 18.0.